The van der Waals surface area contributed by atoms with E-state index in [0.717, 1.165) is 5.56 Å². The summed E-state index contributed by atoms with van der Waals surface area (Å²) < 4.78 is 9.14. The van der Waals surface area contributed by atoms with Gasteiger partial charge in [0.05, 0.1) is 25.3 Å². The van der Waals surface area contributed by atoms with Crippen molar-refractivity contribution in [1.29, 1.82) is 0 Å². The number of hydrogen-bond acceptors (Lipinski definition) is 4. The molecule has 0 heterocycles. The molecule has 0 bridgehead atoms. The molecule has 16 heavy (non-hydrogen) atoms. The Morgan fingerprint density at radius 1 is 0.938 bits per heavy atom. The van der Waals surface area contributed by atoms with Gasteiger partial charge in [0.25, 0.3) is 0 Å². The second-order valence-corrected chi connectivity index (χ2v) is 3.07. The quantitative estimate of drug-likeness (QED) is 0.723. The zero-order valence-corrected chi connectivity index (χ0v) is 8.87. The van der Waals surface area contributed by atoms with Crippen LogP contribution in [0.1, 0.15) is 33.7 Å². The van der Waals surface area contributed by atoms with Crippen LogP contribution in [0.4, 0.5) is 0 Å². The molecule has 1 aromatic carbocycles. The van der Waals surface area contributed by atoms with Gasteiger partial charge in [0.1, 0.15) is 0 Å². The van der Waals surface area contributed by atoms with Gasteiger partial charge >= 0.3 is 11.9 Å². The highest BCUT2D eigenvalue weighted by molar-refractivity contribution is 5.95. The highest BCUT2D eigenvalue weighted by atomic mass is 16.5. The Balaban J connectivity index is 0.00000225. The Morgan fingerprint density at radius 3 is 1.62 bits per heavy atom. The Hall–Kier alpha value is -1.84. The normalized spacial score (nSPS) is 8.94. The van der Waals surface area contributed by atoms with Crippen LogP contribution in [0.2, 0.25) is 0 Å². The zero-order valence-electron chi connectivity index (χ0n) is 8.87. The monoisotopic (exact) mass is 224 g/mol. The van der Waals surface area contributed by atoms with E-state index >= 15 is 0 Å². The first-order chi connectivity index (χ1) is 7.08. The van der Waals surface area contributed by atoms with Crippen LogP contribution in [0.5, 0.6) is 0 Å². The minimum absolute atomic E-state index is 0. The highest BCUT2D eigenvalue weighted by Crippen LogP contribution is 2.11. The molecule has 0 saturated heterocycles. The van der Waals surface area contributed by atoms with Crippen LogP contribution in [0.3, 0.4) is 0 Å². The van der Waals surface area contributed by atoms with E-state index in [2.05, 4.69) is 9.47 Å². The summed E-state index contributed by atoms with van der Waals surface area (Å²) in [6.45, 7) is 1.79. The number of methoxy groups -OCH3 is 2. The van der Waals surface area contributed by atoms with Crippen molar-refractivity contribution in [2.24, 2.45) is 0 Å². The lowest BCUT2D eigenvalue weighted by Gasteiger charge is -2.04. The fourth-order valence-corrected chi connectivity index (χ4v) is 1.25. The summed E-state index contributed by atoms with van der Waals surface area (Å²) >= 11 is 0. The zero-order chi connectivity index (χ0) is 11.4. The standard InChI is InChI=1S/C11H12O4.CH4/c1-7-4-8(10(12)14-2)6-9(5-7)11(13)15-3;/h4-6H,1-3H3;1H4. The molecule has 0 N–H and O–H groups in total. The van der Waals surface area contributed by atoms with Crippen molar-refractivity contribution in [3.8, 4) is 0 Å². The Kier molecular flexibility index (Phi) is 5.22. The van der Waals surface area contributed by atoms with Gasteiger partial charge in [0, 0.05) is 0 Å². The minimum Gasteiger partial charge on any atom is -0.465 e. The van der Waals surface area contributed by atoms with Gasteiger partial charge in [0.15, 0.2) is 0 Å². The molecule has 0 aliphatic rings. The predicted molar refractivity (Wildman–Crippen MR) is 60.6 cm³/mol. The summed E-state index contributed by atoms with van der Waals surface area (Å²) in [7, 11) is 2.59. The summed E-state index contributed by atoms with van der Waals surface area (Å²) in [5, 5.41) is 0. The van der Waals surface area contributed by atoms with Crippen LogP contribution in [0.15, 0.2) is 18.2 Å². The molecule has 0 aliphatic heterocycles. The number of carbonyl (C=O) groups excluding carboxylic acids is 2. The molecule has 1 rings (SSSR count). The van der Waals surface area contributed by atoms with Crippen molar-refractivity contribution >= 4 is 11.9 Å². The third kappa shape index (κ3) is 3.08. The lowest BCUT2D eigenvalue weighted by molar-refractivity contribution is 0.0599. The van der Waals surface area contributed by atoms with E-state index in [1.54, 1.807) is 19.1 Å². The van der Waals surface area contributed by atoms with Crippen LogP contribution in [-0.4, -0.2) is 26.2 Å². The maximum absolute atomic E-state index is 11.3. The van der Waals surface area contributed by atoms with E-state index in [1.807, 2.05) is 0 Å². The fourth-order valence-electron chi connectivity index (χ4n) is 1.25. The van der Waals surface area contributed by atoms with Crippen molar-refractivity contribution in [1.82, 2.24) is 0 Å². The average molecular weight is 224 g/mol. The third-order valence-corrected chi connectivity index (χ3v) is 1.92. The first kappa shape index (κ1) is 14.2. The second kappa shape index (κ2) is 5.90. The third-order valence-electron chi connectivity index (χ3n) is 1.92. The lowest BCUT2D eigenvalue weighted by Crippen LogP contribution is -2.06. The first-order valence-electron chi connectivity index (χ1n) is 4.37. The number of hydrogen-bond donors (Lipinski definition) is 0. The summed E-state index contributed by atoms with van der Waals surface area (Å²) in [5.74, 6) is -0.937. The number of benzene rings is 1. The first-order valence-corrected chi connectivity index (χ1v) is 4.37. The van der Waals surface area contributed by atoms with Gasteiger partial charge in [-0.3, -0.25) is 0 Å². The Labute approximate surface area is 95.2 Å². The summed E-state index contributed by atoms with van der Waals surface area (Å²) in [6, 6.07) is 4.75. The van der Waals surface area contributed by atoms with Crippen molar-refractivity contribution in [2.75, 3.05) is 14.2 Å². The molecule has 0 aliphatic carbocycles. The van der Waals surface area contributed by atoms with Crippen LogP contribution in [0, 0.1) is 6.92 Å². The van der Waals surface area contributed by atoms with Gasteiger partial charge in [-0.15, -0.1) is 0 Å². The Morgan fingerprint density at radius 2 is 1.31 bits per heavy atom. The van der Waals surface area contributed by atoms with E-state index in [1.165, 1.54) is 20.3 Å². The van der Waals surface area contributed by atoms with Crippen molar-refractivity contribution in [2.45, 2.75) is 14.4 Å². The molecule has 0 amide bonds. The topological polar surface area (TPSA) is 52.6 Å². The molecule has 0 spiro atoms. The molecule has 4 nitrogen and oxygen atoms in total. The maximum Gasteiger partial charge on any atom is 0.337 e. The summed E-state index contributed by atoms with van der Waals surface area (Å²) in [4.78, 5) is 22.5. The number of ether oxygens (including phenoxy) is 2. The molecule has 0 radical (unpaired) electrons. The number of aryl methyl sites for hydroxylation is 1. The molecular weight excluding hydrogens is 208 g/mol. The maximum atomic E-state index is 11.3. The molecule has 0 fully saturated rings. The van der Waals surface area contributed by atoms with Crippen LogP contribution < -0.4 is 0 Å². The van der Waals surface area contributed by atoms with Gasteiger partial charge in [-0.1, -0.05) is 7.43 Å². The van der Waals surface area contributed by atoms with E-state index in [9.17, 15) is 9.59 Å². The van der Waals surface area contributed by atoms with Crippen LogP contribution >= 0.6 is 0 Å². The molecule has 88 valence electrons. The molecule has 4 heteroatoms. The van der Waals surface area contributed by atoms with E-state index in [-0.39, 0.29) is 7.43 Å². The highest BCUT2D eigenvalue weighted by Gasteiger charge is 2.11. The molecule has 0 aromatic heterocycles. The smallest absolute Gasteiger partial charge is 0.337 e. The van der Waals surface area contributed by atoms with Crippen molar-refractivity contribution < 1.29 is 19.1 Å². The lowest BCUT2D eigenvalue weighted by atomic mass is 10.1. The number of rotatable bonds is 2. The van der Waals surface area contributed by atoms with Gasteiger partial charge < -0.3 is 9.47 Å². The summed E-state index contributed by atoms with van der Waals surface area (Å²) in [5.41, 5.74) is 1.49. The predicted octanol–water partition coefficient (Wildman–Crippen LogP) is 2.20. The average Bonchev–Trinajstić information content (AvgIpc) is 2.26. The summed E-state index contributed by atoms with van der Waals surface area (Å²) in [6.07, 6.45) is 0. The molecule has 0 saturated carbocycles. The Bertz CT molecular complexity index is 362. The van der Waals surface area contributed by atoms with Crippen molar-refractivity contribution in [3.63, 3.8) is 0 Å². The number of carbonyl (C=O) groups is 2. The van der Waals surface area contributed by atoms with Gasteiger partial charge in [-0.25, -0.2) is 9.59 Å². The molecule has 0 atom stereocenters. The van der Waals surface area contributed by atoms with E-state index < -0.39 is 11.9 Å². The minimum atomic E-state index is -0.469. The number of esters is 2. The SMILES string of the molecule is C.COC(=O)c1cc(C)cc(C(=O)OC)c1. The van der Waals surface area contributed by atoms with Gasteiger partial charge in [-0.2, -0.15) is 0 Å². The molecule has 0 unspecified atom stereocenters. The van der Waals surface area contributed by atoms with Crippen molar-refractivity contribution in [3.05, 3.63) is 34.9 Å². The second-order valence-electron chi connectivity index (χ2n) is 3.07. The molecule has 1 aromatic rings. The van der Waals surface area contributed by atoms with Gasteiger partial charge in [0.2, 0.25) is 0 Å². The van der Waals surface area contributed by atoms with E-state index in [4.69, 9.17) is 0 Å². The van der Waals surface area contributed by atoms with Crippen LogP contribution in [-0.2, 0) is 9.47 Å². The van der Waals surface area contributed by atoms with Crippen LogP contribution in [0.25, 0.3) is 0 Å². The van der Waals surface area contributed by atoms with E-state index in [0.29, 0.717) is 11.1 Å². The largest absolute Gasteiger partial charge is 0.465 e. The molecular formula is C12H16O4. The fraction of sp³-hybridized carbons (Fsp3) is 0.333. The van der Waals surface area contributed by atoms with Gasteiger partial charge in [-0.05, 0) is 30.7 Å².